The summed E-state index contributed by atoms with van der Waals surface area (Å²) in [7, 11) is 0. The van der Waals surface area contributed by atoms with E-state index < -0.39 is 0 Å². The average molecular weight is 276 g/mol. The molecule has 18 heavy (non-hydrogen) atoms. The number of carbonyl (C=O) groups excluding carboxylic acids is 2. The van der Waals surface area contributed by atoms with Crippen LogP contribution in [0.4, 0.5) is 0 Å². The van der Waals surface area contributed by atoms with Crippen LogP contribution in [-0.2, 0) is 9.59 Å². The maximum Gasteiger partial charge on any atom is 0.225 e. The Morgan fingerprint density at radius 3 is 2.72 bits per heavy atom. The summed E-state index contributed by atoms with van der Waals surface area (Å²) in [6.45, 7) is 3.71. The van der Waals surface area contributed by atoms with Gasteiger partial charge in [0.25, 0.3) is 0 Å². The number of amides is 2. The van der Waals surface area contributed by atoms with Gasteiger partial charge in [0, 0.05) is 32.1 Å². The summed E-state index contributed by atoms with van der Waals surface area (Å²) >= 11 is 0. The summed E-state index contributed by atoms with van der Waals surface area (Å²) in [5, 5.41) is 2.87. The van der Waals surface area contributed by atoms with E-state index in [0.29, 0.717) is 32.0 Å². The van der Waals surface area contributed by atoms with Crippen molar-refractivity contribution in [2.75, 3.05) is 19.6 Å². The molecular weight excluding hydrogens is 254 g/mol. The lowest BCUT2D eigenvalue weighted by molar-refractivity contribution is -0.128. The van der Waals surface area contributed by atoms with Crippen LogP contribution in [0.5, 0.6) is 0 Å². The molecule has 2 amide bonds. The van der Waals surface area contributed by atoms with Gasteiger partial charge < -0.3 is 16.0 Å². The predicted octanol–water partition coefficient (Wildman–Crippen LogP) is 0.130. The van der Waals surface area contributed by atoms with Crippen molar-refractivity contribution in [3.05, 3.63) is 0 Å². The van der Waals surface area contributed by atoms with Crippen LogP contribution in [0.2, 0.25) is 0 Å². The van der Waals surface area contributed by atoms with Crippen LogP contribution in [-0.4, -0.2) is 42.4 Å². The van der Waals surface area contributed by atoms with E-state index in [9.17, 15) is 9.59 Å². The summed E-state index contributed by atoms with van der Waals surface area (Å²) < 4.78 is 0. The van der Waals surface area contributed by atoms with Crippen LogP contribution < -0.4 is 11.1 Å². The Morgan fingerprint density at radius 2 is 2.22 bits per heavy atom. The molecule has 0 radical (unpaired) electrons. The molecule has 2 aliphatic rings. The number of hydrogen-bond acceptors (Lipinski definition) is 3. The van der Waals surface area contributed by atoms with Crippen LogP contribution in [0.1, 0.15) is 26.2 Å². The number of likely N-dealkylation sites (tertiary alicyclic amines) is 1. The minimum absolute atomic E-state index is 0. The molecule has 0 aromatic carbocycles. The largest absolute Gasteiger partial charge is 0.354 e. The molecule has 2 rings (SSSR count). The highest BCUT2D eigenvalue weighted by molar-refractivity contribution is 5.89. The van der Waals surface area contributed by atoms with Crippen molar-refractivity contribution in [1.82, 2.24) is 10.2 Å². The van der Waals surface area contributed by atoms with Crippen molar-refractivity contribution in [2.24, 2.45) is 17.6 Å². The Labute approximate surface area is 114 Å². The molecule has 0 spiro atoms. The van der Waals surface area contributed by atoms with Gasteiger partial charge in [0.05, 0.1) is 5.92 Å². The molecule has 0 aromatic rings. The Balaban J connectivity index is 0.00000162. The van der Waals surface area contributed by atoms with Gasteiger partial charge in [-0.05, 0) is 25.7 Å². The average Bonchev–Trinajstić information content (AvgIpc) is 3.09. The Kier molecular flexibility index (Phi) is 5.41. The normalized spacial score (nSPS) is 24.7. The summed E-state index contributed by atoms with van der Waals surface area (Å²) in [5.74, 6) is 0.464. The smallest absolute Gasteiger partial charge is 0.225 e. The van der Waals surface area contributed by atoms with Crippen molar-refractivity contribution < 1.29 is 9.59 Å². The number of rotatable bonds is 5. The molecule has 1 aliphatic carbocycles. The maximum absolute atomic E-state index is 11.9. The molecule has 6 heteroatoms. The molecule has 3 N–H and O–H groups in total. The predicted molar refractivity (Wildman–Crippen MR) is 71.3 cm³/mol. The summed E-state index contributed by atoms with van der Waals surface area (Å²) in [5.41, 5.74) is 5.91. The van der Waals surface area contributed by atoms with Gasteiger partial charge in [-0.3, -0.25) is 9.59 Å². The number of nitrogens with one attached hydrogen (secondary N) is 1. The zero-order valence-electron chi connectivity index (χ0n) is 10.7. The second-order valence-electron chi connectivity index (χ2n) is 5.08. The quantitative estimate of drug-likeness (QED) is 0.749. The second-order valence-corrected chi connectivity index (χ2v) is 5.08. The summed E-state index contributed by atoms with van der Waals surface area (Å²) in [6, 6.07) is 0.0818. The first kappa shape index (κ1) is 15.2. The minimum atomic E-state index is -0.186. The molecule has 0 aromatic heterocycles. The molecule has 1 saturated heterocycles. The number of carbonyl (C=O) groups is 2. The van der Waals surface area contributed by atoms with Gasteiger partial charge >= 0.3 is 0 Å². The van der Waals surface area contributed by atoms with Gasteiger partial charge in [0.15, 0.2) is 0 Å². The molecule has 1 aliphatic heterocycles. The molecule has 1 heterocycles. The van der Waals surface area contributed by atoms with Crippen molar-refractivity contribution in [1.29, 1.82) is 0 Å². The van der Waals surface area contributed by atoms with E-state index in [0.717, 1.165) is 0 Å². The van der Waals surface area contributed by atoms with Crippen molar-refractivity contribution >= 4 is 24.2 Å². The van der Waals surface area contributed by atoms with Gasteiger partial charge in [0.2, 0.25) is 11.8 Å². The van der Waals surface area contributed by atoms with Gasteiger partial charge in [0.1, 0.15) is 0 Å². The zero-order valence-corrected chi connectivity index (χ0v) is 11.5. The Morgan fingerprint density at radius 1 is 1.56 bits per heavy atom. The molecule has 2 unspecified atom stereocenters. The van der Waals surface area contributed by atoms with Gasteiger partial charge in [-0.2, -0.15) is 0 Å². The molecule has 2 fully saturated rings. The Bertz CT molecular complexity index is 320. The summed E-state index contributed by atoms with van der Waals surface area (Å²) in [6.07, 6.45) is 2.71. The Hall–Kier alpha value is -0.810. The third-order valence-electron chi connectivity index (χ3n) is 3.71. The zero-order chi connectivity index (χ0) is 12.4. The fourth-order valence-corrected chi connectivity index (χ4v) is 2.31. The highest BCUT2D eigenvalue weighted by Crippen LogP contribution is 2.31. The number of nitrogens with zero attached hydrogens (tertiary/aromatic N) is 1. The fraction of sp³-hybridized carbons (Fsp3) is 0.833. The number of nitrogens with two attached hydrogens (primary N) is 1. The minimum Gasteiger partial charge on any atom is -0.354 e. The van der Waals surface area contributed by atoms with E-state index in [1.165, 1.54) is 12.8 Å². The van der Waals surface area contributed by atoms with Crippen LogP contribution in [0.3, 0.4) is 0 Å². The topological polar surface area (TPSA) is 75.4 Å². The van der Waals surface area contributed by atoms with Crippen molar-refractivity contribution in [3.8, 4) is 0 Å². The first-order valence-corrected chi connectivity index (χ1v) is 6.43. The molecule has 5 nitrogen and oxygen atoms in total. The maximum atomic E-state index is 11.9. The van der Waals surface area contributed by atoms with E-state index in [2.05, 4.69) is 5.32 Å². The summed E-state index contributed by atoms with van der Waals surface area (Å²) in [4.78, 5) is 25.1. The molecule has 104 valence electrons. The molecule has 1 saturated carbocycles. The van der Waals surface area contributed by atoms with Gasteiger partial charge in [-0.15, -0.1) is 12.4 Å². The van der Waals surface area contributed by atoms with Crippen molar-refractivity contribution in [2.45, 2.75) is 32.2 Å². The first-order chi connectivity index (χ1) is 8.11. The number of hydrogen-bond donors (Lipinski definition) is 2. The van der Waals surface area contributed by atoms with Crippen LogP contribution in [0.15, 0.2) is 0 Å². The monoisotopic (exact) mass is 275 g/mol. The second kappa shape index (κ2) is 6.38. The van der Waals surface area contributed by atoms with Crippen LogP contribution >= 0.6 is 12.4 Å². The molecule has 0 bridgehead atoms. The third kappa shape index (κ3) is 3.59. The lowest BCUT2D eigenvalue weighted by Crippen LogP contribution is -2.41. The fourth-order valence-electron chi connectivity index (χ4n) is 2.31. The lowest BCUT2D eigenvalue weighted by Gasteiger charge is -2.15. The van der Waals surface area contributed by atoms with Crippen LogP contribution in [0.25, 0.3) is 0 Å². The number of halogens is 1. The van der Waals surface area contributed by atoms with E-state index in [-0.39, 0.29) is 36.2 Å². The SMILES string of the molecule is CCN1CC(C(=O)NCC(N)C2CC2)CC1=O.Cl. The van der Waals surface area contributed by atoms with E-state index >= 15 is 0 Å². The standard InChI is InChI=1S/C12H21N3O2.ClH/c1-2-15-7-9(5-11(15)16)12(17)14-6-10(13)8-3-4-8;/h8-10H,2-7,13H2,1H3,(H,14,17);1H. The van der Waals surface area contributed by atoms with Crippen LogP contribution in [0, 0.1) is 11.8 Å². The lowest BCUT2D eigenvalue weighted by atomic mass is 10.1. The first-order valence-electron chi connectivity index (χ1n) is 6.43. The highest BCUT2D eigenvalue weighted by atomic mass is 35.5. The van der Waals surface area contributed by atoms with E-state index in [1.54, 1.807) is 4.90 Å². The molecule has 2 atom stereocenters. The van der Waals surface area contributed by atoms with E-state index in [1.807, 2.05) is 6.92 Å². The van der Waals surface area contributed by atoms with E-state index in [4.69, 9.17) is 5.73 Å². The molecular formula is C12H22ClN3O2. The van der Waals surface area contributed by atoms with Gasteiger partial charge in [-0.25, -0.2) is 0 Å². The highest BCUT2D eigenvalue weighted by Gasteiger charge is 2.34. The van der Waals surface area contributed by atoms with Gasteiger partial charge in [-0.1, -0.05) is 0 Å². The van der Waals surface area contributed by atoms with Crippen molar-refractivity contribution in [3.63, 3.8) is 0 Å². The third-order valence-corrected chi connectivity index (χ3v) is 3.71.